The van der Waals surface area contributed by atoms with Gasteiger partial charge in [0.2, 0.25) is 0 Å². The largest absolute Gasteiger partial charge is 0.496 e. The number of rotatable bonds is 6. The van der Waals surface area contributed by atoms with Crippen molar-refractivity contribution in [2.75, 3.05) is 20.3 Å². The van der Waals surface area contributed by atoms with Crippen LogP contribution >= 0.6 is 0 Å². The molecule has 0 bridgehead atoms. The van der Waals surface area contributed by atoms with Crippen molar-refractivity contribution in [1.29, 1.82) is 0 Å². The lowest BCUT2D eigenvalue weighted by Crippen LogP contribution is -2.38. The van der Waals surface area contributed by atoms with E-state index in [2.05, 4.69) is 24.4 Å². The van der Waals surface area contributed by atoms with Crippen molar-refractivity contribution in [3.05, 3.63) is 29.3 Å². The first-order valence-corrected chi connectivity index (χ1v) is 7.64. The minimum Gasteiger partial charge on any atom is -0.496 e. The van der Waals surface area contributed by atoms with Gasteiger partial charge in [-0.15, -0.1) is 0 Å². The van der Waals surface area contributed by atoms with Crippen molar-refractivity contribution in [3.8, 4) is 5.75 Å². The fourth-order valence-electron chi connectivity index (χ4n) is 3.20. The molecular weight excluding hydrogens is 250 g/mol. The molecule has 2 N–H and O–H groups in total. The van der Waals surface area contributed by atoms with Gasteiger partial charge in [-0.1, -0.05) is 37.0 Å². The molecule has 1 aliphatic carbocycles. The third-order valence-corrected chi connectivity index (χ3v) is 4.50. The molecule has 0 amide bonds. The topological polar surface area (TPSA) is 41.5 Å². The zero-order valence-corrected chi connectivity index (χ0v) is 12.7. The molecule has 1 aromatic rings. The van der Waals surface area contributed by atoms with Crippen LogP contribution < -0.4 is 10.1 Å². The Kier molecular flexibility index (Phi) is 5.44. The SMILES string of the molecule is COc1ccc(C)cc1CNCC1(CO)CCCCC1. The average molecular weight is 277 g/mol. The van der Waals surface area contributed by atoms with Gasteiger partial charge in [0.05, 0.1) is 7.11 Å². The van der Waals surface area contributed by atoms with Gasteiger partial charge in [0.15, 0.2) is 0 Å². The number of aliphatic hydroxyl groups excluding tert-OH is 1. The summed E-state index contributed by atoms with van der Waals surface area (Å²) in [6.45, 7) is 4.08. The molecule has 1 fully saturated rings. The highest BCUT2D eigenvalue weighted by atomic mass is 16.5. The lowest BCUT2D eigenvalue weighted by Gasteiger charge is -2.35. The Morgan fingerprint density at radius 2 is 2.00 bits per heavy atom. The zero-order chi connectivity index (χ0) is 14.4. The molecule has 0 radical (unpaired) electrons. The second-order valence-electron chi connectivity index (χ2n) is 6.14. The standard InChI is InChI=1S/C17H27NO2/c1-14-6-7-16(20-2)15(10-14)11-18-12-17(13-19)8-4-3-5-9-17/h6-7,10,18-19H,3-5,8-9,11-13H2,1-2H3. The van der Waals surface area contributed by atoms with E-state index in [4.69, 9.17) is 4.74 Å². The molecule has 112 valence electrons. The van der Waals surface area contributed by atoms with Crippen molar-refractivity contribution in [2.45, 2.75) is 45.6 Å². The minimum atomic E-state index is 0.0926. The van der Waals surface area contributed by atoms with Gasteiger partial charge in [-0.3, -0.25) is 0 Å². The summed E-state index contributed by atoms with van der Waals surface area (Å²) in [6, 6.07) is 6.26. The number of aryl methyl sites for hydroxylation is 1. The van der Waals surface area contributed by atoms with Crippen LogP contribution in [0.1, 0.15) is 43.2 Å². The summed E-state index contributed by atoms with van der Waals surface area (Å²) in [5, 5.41) is 13.2. The Bertz CT molecular complexity index is 425. The van der Waals surface area contributed by atoms with Gasteiger partial charge in [0.25, 0.3) is 0 Å². The third kappa shape index (κ3) is 3.74. The summed E-state index contributed by atoms with van der Waals surface area (Å²) < 4.78 is 5.40. The van der Waals surface area contributed by atoms with E-state index in [1.54, 1.807) is 7.11 Å². The second kappa shape index (κ2) is 7.09. The van der Waals surface area contributed by atoms with Crippen LogP contribution in [-0.4, -0.2) is 25.4 Å². The Labute approximate surface area is 122 Å². The lowest BCUT2D eigenvalue weighted by atomic mass is 9.74. The van der Waals surface area contributed by atoms with Gasteiger partial charge in [-0.25, -0.2) is 0 Å². The second-order valence-corrected chi connectivity index (χ2v) is 6.14. The normalized spacial score (nSPS) is 17.9. The van der Waals surface area contributed by atoms with Crippen LogP contribution in [0.2, 0.25) is 0 Å². The van der Waals surface area contributed by atoms with Crippen LogP contribution in [-0.2, 0) is 6.54 Å². The molecule has 0 unspecified atom stereocenters. The molecule has 1 aromatic carbocycles. The van der Waals surface area contributed by atoms with Crippen molar-refractivity contribution in [3.63, 3.8) is 0 Å². The molecule has 0 saturated heterocycles. The molecule has 1 saturated carbocycles. The van der Waals surface area contributed by atoms with Crippen LogP contribution in [0, 0.1) is 12.3 Å². The highest BCUT2D eigenvalue weighted by Crippen LogP contribution is 2.35. The molecule has 0 atom stereocenters. The maximum atomic E-state index is 9.72. The van der Waals surface area contributed by atoms with E-state index < -0.39 is 0 Å². The van der Waals surface area contributed by atoms with E-state index in [9.17, 15) is 5.11 Å². The van der Waals surface area contributed by atoms with Gasteiger partial charge < -0.3 is 15.2 Å². The van der Waals surface area contributed by atoms with E-state index in [0.29, 0.717) is 6.61 Å². The van der Waals surface area contributed by atoms with Crippen LogP contribution in [0.4, 0.5) is 0 Å². The molecule has 0 spiro atoms. The molecule has 3 nitrogen and oxygen atoms in total. The number of nitrogens with one attached hydrogen (secondary N) is 1. The van der Waals surface area contributed by atoms with Crippen LogP contribution in [0.25, 0.3) is 0 Å². The summed E-state index contributed by atoms with van der Waals surface area (Å²) >= 11 is 0. The van der Waals surface area contributed by atoms with Crippen molar-refractivity contribution < 1.29 is 9.84 Å². The Morgan fingerprint density at radius 3 is 2.65 bits per heavy atom. The molecule has 1 aliphatic rings. The fraction of sp³-hybridized carbons (Fsp3) is 0.647. The van der Waals surface area contributed by atoms with Crippen LogP contribution in [0.5, 0.6) is 5.75 Å². The van der Waals surface area contributed by atoms with Gasteiger partial charge in [0.1, 0.15) is 5.75 Å². The van der Waals surface area contributed by atoms with E-state index in [1.807, 2.05) is 6.07 Å². The number of hydrogen-bond donors (Lipinski definition) is 2. The highest BCUT2D eigenvalue weighted by Gasteiger charge is 2.30. The first-order valence-electron chi connectivity index (χ1n) is 7.64. The molecule has 3 heteroatoms. The predicted molar refractivity (Wildman–Crippen MR) is 82.0 cm³/mol. The maximum absolute atomic E-state index is 9.72. The molecular formula is C17H27NO2. The highest BCUT2D eigenvalue weighted by molar-refractivity contribution is 5.36. The monoisotopic (exact) mass is 277 g/mol. The first-order chi connectivity index (χ1) is 9.69. The lowest BCUT2D eigenvalue weighted by molar-refractivity contribution is 0.0810. The first kappa shape index (κ1) is 15.3. The Morgan fingerprint density at radius 1 is 1.25 bits per heavy atom. The number of benzene rings is 1. The summed E-state index contributed by atoms with van der Waals surface area (Å²) in [6.07, 6.45) is 6.09. The van der Waals surface area contributed by atoms with Gasteiger partial charge >= 0.3 is 0 Å². The van der Waals surface area contributed by atoms with Gasteiger partial charge in [-0.2, -0.15) is 0 Å². The summed E-state index contributed by atoms with van der Waals surface area (Å²) in [7, 11) is 1.71. The smallest absolute Gasteiger partial charge is 0.123 e. The predicted octanol–water partition coefficient (Wildman–Crippen LogP) is 3.04. The molecule has 0 aliphatic heterocycles. The van der Waals surface area contributed by atoms with Crippen LogP contribution in [0.3, 0.4) is 0 Å². The number of methoxy groups -OCH3 is 1. The summed E-state index contributed by atoms with van der Waals surface area (Å²) in [5.74, 6) is 0.935. The number of aliphatic hydroxyl groups is 1. The molecule has 0 heterocycles. The quantitative estimate of drug-likeness (QED) is 0.840. The fourth-order valence-corrected chi connectivity index (χ4v) is 3.20. The van der Waals surface area contributed by atoms with E-state index in [-0.39, 0.29) is 5.41 Å². The van der Waals surface area contributed by atoms with E-state index >= 15 is 0 Å². The number of hydrogen-bond acceptors (Lipinski definition) is 3. The summed E-state index contributed by atoms with van der Waals surface area (Å²) in [4.78, 5) is 0. The van der Waals surface area contributed by atoms with E-state index in [1.165, 1.54) is 30.4 Å². The Balaban J connectivity index is 1.93. The van der Waals surface area contributed by atoms with Gasteiger partial charge in [-0.05, 0) is 25.8 Å². The van der Waals surface area contributed by atoms with Crippen molar-refractivity contribution in [2.24, 2.45) is 5.41 Å². The number of ether oxygens (including phenoxy) is 1. The Hall–Kier alpha value is -1.06. The molecule has 20 heavy (non-hydrogen) atoms. The molecule has 2 rings (SSSR count). The maximum Gasteiger partial charge on any atom is 0.123 e. The average Bonchev–Trinajstić information content (AvgIpc) is 2.48. The third-order valence-electron chi connectivity index (χ3n) is 4.50. The van der Waals surface area contributed by atoms with Crippen molar-refractivity contribution >= 4 is 0 Å². The van der Waals surface area contributed by atoms with Gasteiger partial charge in [0, 0.05) is 30.7 Å². The van der Waals surface area contributed by atoms with Crippen LogP contribution in [0.15, 0.2) is 18.2 Å². The molecule has 0 aromatic heterocycles. The van der Waals surface area contributed by atoms with E-state index in [0.717, 1.165) is 31.7 Å². The van der Waals surface area contributed by atoms with Crippen molar-refractivity contribution in [1.82, 2.24) is 5.32 Å². The summed E-state index contributed by atoms with van der Waals surface area (Å²) in [5.41, 5.74) is 2.53. The zero-order valence-electron chi connectivity index (χ0n) is 12.7. The minimum absolute atomic E-state index is 0.0926.